The molecule has 12 heavy (non-hydrogen) atoms. The third-order valence-corrected chi connectivity index (χ3v) is 2.25. The lowest BCUT2D eigenvalue weighted by Crippen LogP contribution is -1.79. The highest BCUT2D eigenvalue weighted by molar-refractivity contribution is 14.1. The molecule has 1 nitrogen and oxygen atoms in total. The van der Waals surface area contributed by atoms with Gasteiger partial charge in [0.15, 0.2) is 0 Å². The lowest BCUT2D eigenvalue weighted by Gasteiger charge is -1.95. The van der Waals surface area contributed by atoms with Gasteiger partial charge in [-0.1, -0.05) is 23.7 Å². The van der Waals surface area contributed by atoms with Crippen molar-refractivity contribution >= 4 is 40.3 Å². The van der Waals surface area contributed by atoms with E-state index in [9.17, 15) is 0 Å². The minimum absolute atomic E-state index is 0.0865. The molecule has 64 valence electrons. The van der Waals surface area contributed by atoms with Gasteiger partial charge in [0.2, 0.25) is 0 Å². The zero-order valence-electron chi connectivity index (χ0n) is 6.30. The summed E-state index contributed by atoms with van der Waals surface area (Å²) in [6.07, 6.45) is 1.91. The van der Waals surface area contributed by atoms with Crippen LogP contribution in [0.25, 0.3) is 6.08 Å². The first-order valence-electron chi connectivity index (χ1n) is 3.45. The molecule has 0 fully saturated rings. The fourth-order valence-electron chi connectivity index (χ4n) is 0.785. The van der Waals surface area contributed by atoms with Crippen LogP contribution in [0.5, 0.6) is 0 Å². The summed E-state index contributed by atoms with van der Waals surface area (Å²) in [6, 6.07) is 7.48. The Morgan fingerprint density at radius 2 is 2.00 bits per heavy atom. The van der Waals surface area contributed by atoms with Crippen molar-refractivity contribution in [3.05, 3.63) is 38.4 Å². The highest BCUT2D eigenvalue weighted by atomic mass is 127. The number of hydrogen-bond acceptors (Lipinski definition) is 1. The topological polar surface area (TPSA) is 20.2 Å². The number of aliphatic hydroxyl groups excluding tert-OH is 1. The predicted octanol–water partition coefficient (Wildman–Crippen LogP) is 3.11. The molecule has 1 N–H and O–H groups in total. The number of benzene rings is 1. The summed E-state index contributed by atoms with van der Waals surface area (Å²) in [5, 5.41) is 9.48. The maximum Gasteiger partial charge on any atom is 0.0739 e. The van der Waals surface area contributed by atoms with Gasteiger partial charge in [0.1, 0.15) is 0 Å². The van der Waals surface area contributed by atoms with E-state index in [1.807, 2.05) is 30.3 Å². The van der Waals surface area contributed by atoms with Crippen LogP contribution in [0.2, 0.25) is 5.02 Å². The van der Waals surface area contributed by atoms with E-state index < -0.39 is 0 Å². The quantitative estimate of drug-likeness (QED) is 0.831. The summed E-state index contributed by atoms with van der Waals surface area (Å²) in [7, 11) is 0. The lowest BCUT2D eigenvalue weighted by atomic mass is 10.2. The third-order valence-electron chi connectivity index (χ3n) is 1.34. The second kappa shape index (κ2) is 4.84. The summed E-state index contributed by atoms with van der Waals surface area (Å²) >= 11 is 7.81. The minimum atomic E-state index is 0.0865. The number of rotatable bonds is 2. The van der Waals surface area contributed by atoms with Gasteiger partial charge in [0.25, 0.3) is 0 Å². The fourth-order valence-corrected chi connectivity index (χ4v) is 1.27. The van der Waals surface area contributed by atoms with Gasteiger partial charge in [0, 0.05) is 8.60 Å². The van der Waals surface area contributed by atoms with Crippen LogP contribution in [0.4, 0.5) is 0 Å². The molecular weight excluding hydrogens is 286 g/mol. The van der Waals surface area contributed by atoms with Gasteiger partial charge in [-0.25, -0.2) is 0 Å². The minimum Gasteiger partial charge on any atom is -0.391 e. The molecule has 3 heteroatoms. The molecule has 0 amide bonds. The van der Waals surface area contributed by atoms with Gasteiger partial charge in [0.05, 0.1) is 6.61 Å². The first-order chi connectivity index (χ1) is 5.72. The normalized spacial score (nSPS) is 11.8. The Labute approximate surface area is 90.2 Å². The van der Waals surface area contributed by atoms with Crippen LogP contribution in [0, 0.1) is 0 Å². The van der Waals surface area contributed by atoms with Crippen molar-refractivity contribution in [2.45, 2.75) is 0 Å². The Hall–Kier alpha value is -0.0600. The van der Waals surface area contributed by atoms with Gasteiger partial charge in [-0.05, 0) is 46.4 Å². The van der Waals surface area contributed by atoms with E-state index in [1.54, 1.807) is 0 Å². The van der Waals surface area contributed by atoms with E-state index in [-0.39, 0.29) is 6.61 Å². The zero-order chi connectivity index (χ0) is 8.97. The molecule has 0 saturated heterocycles. The van der Waals surface area contributed by atoms with Crippen molar-refractivity contribution < 1.29 is 5.11 Å². The Morgan fingerprint density at radius 3 is 2.50 bits per heavy atom. The summed E-state index contributed by atoms with van der Waals surface area (Å²) in [4.78, 5) is 0. The average molecular weight is 295 g/mol. The summed E-state index contributed by atoms with van der Waals surface area (Å²) in [6.45, 7) is 0.0865. The Kier molecular flexibility index (Phi) is 4.05. The molecule has 0 aromatic heterocycles. The van der Waals surface area contributed by atoms with Gasteiger partial charge in [-0.15, -0.1) is 0 Å². The Morgan fingerprint density at radius 1 is 1.42 bits per heavy atom. The molecule has 0 spiro atoms. The maximum atomic E-state index is 8.75. The van der Waals surface area contributed by atoms with Crippen LogP contribution < -0.4 is 0 Å². The molecule has 0 saturated carbocycles. The van der Waals surface area contributed by atoms with Gasteiger partial charge in [-0.3, -0.25) is 0 Å². The second-order valence-electron chi connectivity index (χ2n) is 2.30. The Balaban J connectivity index is 2.84. The molecule has 0 heterocycles. The van der Waals surface area contributed by atoms with E-state index in [0.29, 0.717) is 0 Å². The van der Waals surface area contributed by atoms with Crippen molar-refractivity contribution in [1.29, 1.82) is 0 Å². The van der Waals surface area contributed by atoms with Crippen molar-refractivity contribution in [3.63, 3.8) is 0 Å². The van der Waals surface area contributed by atoms with Crippen LogP contribution >= 0.6 is 34.2 Å². The molecule has 0 aliphatic rings. The standard InChI is InChI=1S/C9H8ClIO/c10-8-3-1-7(2-4-8)5-9(11)6-12/h1-5,12H,6H2/b9-5-. The van der Waals surface area contributed by atoms with Crippen molar-refractivity contribution in [2.24, 2.45) is 0 Å². The SMILES string of the molecule is OC/C(I)=C/c1ccc(Cl)cc1. The molecular formula is C9H8ClIO. The molecule has 0 aliphatic carbocycles. The number of aliphatic hydroxyl groups is 1. The van der Waals surface area contributed by atoms with Crippen molar-refractivity contribution in [2.75, 3.05) is 6.61 Å². The van der Waals surface area contributed by atoms with Crippen LogP contribution in [0.3, 0.4) is 0 Å². The average Bonchev–Trinajstić information content (AvgIpc) is 2.09. The highest BCUT2D eigenvalue weighted by Gasteiger charge is 1.91. The zero-order valence-corrected chi connectivity index (χ0v) is 9.21. The van der Waals surface area contributed by atoms with E-state index in [2.05, 4.69) is 22.6 Å². The molecule has 1 aromatic rings. The van der Waals surface area contributed by atoms with E-state index >= 15 is 0 Å². The molecule has 0 atom stereocenters. The Bertz CT molecular complexity index is 279. The summed E-state index contributed by atoms with van der Waals surface area (Å²) < 4.78 is 0.912. The predicted molar refractivity (Wildman–Crippen MR) is 60.5 cm³/mol. The van der Waals surface area contributed by atoms with Gasteiger partial charge < -0.3 is 5.11 Å². The molecule has 0 radical (unpaired) electrons. The summed E-state index contributed by atoms with van der Waals surface area (Å²) in [5.41, 5.74) is 1.05. The second-order valence-corrected chi connectivity index (χ2v) is 4.12. The van der Waals surface area contributed by atoms with E-state index in [4.69, 9.17) is 16.7 Å². The third kappa shape index (κ3) is 3.13. The first-order valence-corrected chi connectivity index (χ1v) is 4.90. The molecule has 1 rings (SSSR count). The first kappa shape index (κ1) is 10.0. The van der Waals surface area contributed by atoms with Gasteiger partial charge in [-0.2, -0.15) is 0 Å². The largest absolute Gasteiger partial charge is 0.391 e. The van der Waals surface area contributed by atoms with Crippen LogP contribution in [-0.2, 0) is 0 Å². The smallest absolute Gasteiger partial charge is 0.0739 e. The van der Waals surface area contributed by atoms with E-state index in [1.165, 1.54) is 0 Å². The molecule has 0 unspecified atom stereocenters. The number of hydrogen-bond donors (Lipinski definition) is 1. The molecule has 1 aromatic carbocycles. The lowest BCUT2D eigenvalue weighted by molar-refractivity contribution is 0.342. The van der Waals surface area contributed by atoms with Crippen LogP contribution in [-0.4, -0.2) is 11.7 Å². The monoisotopic (exact) mass is 294 g/mol. The van der Waals surface area contributed by atoms with Crippen LogP contribution in [0.1, 0.15) is 5.56 Å². The van der Waals surface area contributed by atoms with Crippen LogP contribution in [0.15, 0.2) is 27.8 Å². The maximum absolute atomic E-state index is 8.75. The fraction of sp³-hybridized carbons (Fsp3) is 0.111. The van der Waals surface area contributed by atoms with Crippen molar-refractivity contribution in [1.82, 2.24) is 0 Å². The van der Waals surface area contributed by atoms with Gasteiger partial charge >= 0.3 is 0 Å². The highest BCUT2D eigenvalue weighted by Crippen LogP contribution is 2.14. The summed E-state index contributed by atoms with van der Waals surface area (Å²) in [5.74, 6) is 0. The number of halogens is 2. The van der Waals surface area contributed by atoms with Crippen molar-refractivity contribution in [3.8, 4) is 0 Å². The molecule has 0 bridgehead atoms. The molecule has 0 aliphatic heterocycles. The van der Waals surface area contributed by atoms with E-state index in [0.717, 1.165) is 14.2 Å².